The van der Waals surface area contributed by atoms with Crippen LogP contribution in [0.3, 0.4) is 0 Å². The average Bonchev–Trinajstić information content (AvgIpc) is 3.38. The molecule has 3 fully saturated rings. The molecule has 0 bridgehead atoms. The van der Waals surface area contributed by atoms with Gasteiger partial charge in [-0.1, -0.05) is 70.3 Å². The smallest absolute Gasteiger partial charge is 0.377 e. The summed E-state index contributed by atoms with van der Waals surface area (Å²) in [5, 5.41) is 0. The van der Waals surface area contributed by atoms with Crippen LogP contribution in [-0.4, -0.2) is 12.7 Å². The van der Waals surface area contributed by atoms with Crippen LogP contribution in [0.5, 0.6) is 0 Å². The number of rotatable bonds is 1. The summed E-state index contributed by atoms with van der Waals surface area (Å²) in [5.41, 5.74) is 2.28. The molecule has 0 spiro atoms. The molecule has 0 N–H and O–H groups in total. The summed E-state index contributed by atoms with van der Waals surface area (Å²) in [6.07, 6.45) is 18.5. The third-order valence-electron chi connectivity index (χ3n) is 4.99. The molecule has 1 aromatic carbocycles. The second-order valence-corrected chi connectivity index (χ2v) is 7.15. The fourth-order valence-electron chi connectivity index (χ4n) is 3.43. The molecule has 134 valence electrons. The van der Waals surface area contributed by atoms with E-state index in [9.17, 15) is 0 Å². The molecular formula is C23H34OTi+2. The van der Waals surface area contributed by atoms with Gasteiger partial charge in [-0.05, 0) is 6.92 Å². The minimum Gasteiger partial charge on any atom is -0.377 e. The molecule has 1 aliphatic heterocycles. The van der Waals surface area contributed by atoms with Gasteiger partial charge < -0.3 is 11.7 Å². The van der Waals surface area contributed by atoms with Gasteiger partial charge in [0.15, 0.2) is 0 Å². The van der Waals surface area contributed by atoms with E-state index < -0.39 is 0 Å². The van der Waals surface area contributed by atoms with Crippen LogP contribution >= 0.6 is 0 Å². The van der Waals surface area contributed by atoms with Gasteiger partial charge in [-0.25, -0.2) is 0 Å². The Labute approximate surface area is 170 Å². The third-order valence-corrected chi connectivity index (χ3v) is 4.99. The van der Waals surface area contributed by atoms with E-state index in [4.69, 9.17) is 4.74 Å². The molecule has 2 saturated carbocycles. The Bertz CT molecular complexity index is 423. The Morgan fingerprint density at radius 3 is 1.64 bits per heavy atom. The summed E-state index contributed by atoms with van der Waals surface area (Å²) < 4.78 is 5.49. The summed E-state index contributed by atoms with van der Waals surface area (Å²) in [5.74, 6) is 0.255. The fourth-order valence-corrected chi connectivity index (χ4v) is 3.43. The summed E-state index contributed by atoms with van der Waals surface area (Å²) in [6, 6.07) is 10.1. The first-order valence-corrected chi connectivity index (χ1v) is 9.91. The zero-order valence-corrected chi connectivity index (χ0v) is 17.5. The van der Waals surface area contributed by atoms with Crippen molar-refractivity contribution in [3.63, 3.8) is 0 Å². The molecule has 3 aliphatic rings. The molecule has 1 aromatic rings. The first-order chi connectivity index (χ1) is 11.8. The van der Waals surface area contributed by atoms with Crippen LogP contribution in [0.25, 0.3) is 0 Å². The second kappa shape index (κ2) is 13.8. The minimum absolute atomic E-state index is 0. The molecular weight excluding hydrogens is 340 g/mol. The molecule has 2 aliphatic carbocycles. The Morgan fingerprint density at radius 2 is 1.28 bits per heavy atom. The van der Waals surface area contributed by atoms with E-state index in [-0.39, 0.29) is 33.7 Å². The van der Waals surface area contributed by atoms with E-state index in [1.54, 1.807) is 0 Å². The van der Waals surface area contributed by atoms with Crippen molar-refractivity contribution in [2.75, 3.05) is 6.61 Å². The zero-order chi connectivity index (χ0) is 17.0. The van der Waals surface area contributed by atoms with E-state index in [0.717, 1.165) is 12.2 Å². The van der Waals surface area contributed by atoms with Gasteiger partial charge in [0.25, 0.3) is 0 Å². The SMILES string of the molecule is C1CCCC1.C1CCCC1.[CH2-]C1COC(C)C1=[C-]c1ccccc1.[Ti+4]. The molecule has 1 heterocycles. The van der Waals surface area contributed by atoms with E-state index in [0.29, 0.717) is 0 Å². The molecule has 2 unspecified atom stereocenters. The Balaban J connectivity index is 0.000000233. The van der Waals surface area contributed by atoms with Crippen LogP contribution in [0.1, 0.15) is 76.7 Å². The van der Waals surface area contributed by atoms with Gasteiger partial charge in [0.1, 0.15) is 0 Å². The van der Waals surface area contributed by atoms with Crippen molar-refractivity contribution < 1.29 is 26.5 Å². The summed E-state index contributed by atoms with van der Waals surface area (Å²) in [4.78, 5) is 0. The van der Waals surface area contributed by atoms with Crippen LogP contribution in [0.15, 0.2) is 35.9 Å². The first-order valence-electron chi connectivity index (χ1n) is 9.91. The quantitative estimate of drug-likeness (QED) is 0.401. The van der Waals surface area contributed by atoms with Crippen molar-refractivity contribution in [3.8, 4) is 0 Å². The standard InChI is InChI=1S/C13H14O.2C5H10.Ti/c1-10-9-14-11(2)13(10)8-12-6-4-3-5-7-12;2*1-2-4-5-3-1;/h3-7,10-11H,1,9H2,2H3;2*1-5H2;/q-2;;;+4. The van der Waals surface area contributed by atoms with E-state index >= 15 is 0 Å². The maximum Gasteiger partial charge on any atom is 4.00 e. The largest absolute Gasteiger partial charge is 4.00 e. The summed E-state index contributed by atoms with van der Waals surface area (Å²) in [6.45, 7) is 6.81. The van der Waals surface area contributed by atoms with Crippen molar-refractivity contribution >= 4 is 0 Å². The molecule has 0 amide bonds. The monoisotopic (exact) mass is 374 g/mol. The van der Waals surface area contributed by atoms with Crippen LogP contribution in [-0.2, 0) is 26.5 Å². The van der Waals surface area contributed by atoms with E-state index in [1.807, 2.05) is 30.3 Å². The Morgan fingerprint density at radius 1 is 0.840 bits per heavy atom. The number of ether oxygens (including phenoxy) is 1. The predicted octanol–water partition coefficient (Wildman–Crippen LogP) is 6.53. The number of hydrogen-bond acceptors (Lipinski definition) is 1. The zero-order valence-electron chi connectivity index (χ0n) is 15.9. The molecule has 0 aromatic heterocycles. The number of hydrogen-bond donors (Lipinski definition) is 0. The van der Waals surface area contributed by atoms with Crippen LogP contribution in [0.4, 0.5) is 0 Å². The van der Waals surface area contributed by atoms with Gasteiger partial charge in [-0.2, -0.15) is 23.8 Å². The van der Waals surface area contributed by atoms with E-state index in [2.05, 4.69) is 19.9 Å². The molecule has 2 heteroatoms. The molecule has 0 radical (unpaired) electrons. The Kier molecular flexibility index (Phi) is 12.5. The molecule has 25 heavy (non-hydrogen) atoms. The van der Waals surface area contributed by atoms with Crippen LogP contribution in [0.2, 0.25) is 0 Å². The van der Waals surface area contributed by atoms with Gasteiger partial charge >= 0.3 is 21.7 Å². The molecule has 2 atom stereocenters. The van der Waals surface area contributed by atoms with Gasteiger partial charge in [-0.15, -0.1) is 23.6 Å². The van der Waals surface area contributed by atoms with Crippen molar-refractivity contribution in [1.82, 2.24) is 0 Å². The maximum atomic E-state index is 5.49. The average molecular weight is 374 g/mol. The Hall–Kier alpha value is -0.366. The third kappa shape index (κ3) is 9.22. The molecule has 4 rings (SSSR count). The van der Waals surface area contributed by atoms with Crippen molar-refractivity contribution in [1.29, 1.82) is 0 Å². The summed E-state index contributed by atoms with van der Waals surface area (Å²) >= 11 is 0. The van der Waals surface area contributed by atoms with Gasteiger partial charge in [0.05, 0.1) is 6.10 Å². The maximum absolute atomic E-state index is 5.49. The summed E-state index contributed by atoms with van der Waals surface area (Å²) in [7, 11) is 0. The first kappa shape index (κ1) is 22.7. The van der Waals surface area contributed by atoms with Gasteiger partial charge in [-0.3, -0.25) is 0 Å². The molecule has 1 nitrogen and oxygen atoms in total. The normalized spacial score (nSPS) is 26.2. The minimum atomic E-state index is 0. The topological polar surface area (TPSA) is 9.23 Å². The van der Waals surface area contributed by atoms with Crippen molar-refractivity contribution in [2.24, 2.45) is 5.92 Å². The van der Waals surface area contributed by atoms with Crippen molar-refractivity contribution in [2.45, 2.75) is 77.2 Å². The van der Waals surface area contributed by atoms with Crippen LogP contribution in [0, 0.1) is 18.9 Å². The molecule has 1 saturated heterocycles. The number of benzene rings is 1. The van der Waals surface area contributed by atoms with Crippen LogP contribution < -0.4 is 0 Å². The van der Waals surface area contributed by atoms with Gasteiger partial charge in [0.2, 0.25) is 0 Å². The fraction of sp³-hybridized carbons (Fsp3) is 0.609. The van der Waals surface area contributed by atoms with Crippen molar-refractivity contribution in [3.05, 3.63) is 54.5 Å². The van der Waals surface area contributed by atoms with E-state index in [1.165, 1.54) is 69.8 Å². The second-order valence-electron chi connectivity index (χ2n) is 7.15. The van der Waals surface area contributed by atoms with Gasteiger partial charge in [0, 0.05) is 6.61 Å². The predicted molar refractivity (Wildman–Crippen MR) is 103 cm³/mol.